The van der Waals surface area contributed by atoms with Crippen molar-refractivity contribution in [2.24, 2.45) is 0 Å². The van der Waals surface area contributed by atoms with E-state index in [0.29, 0.717) is 5.95 Å². The first-order valence-electron chi connectivity index (χ1n) is 6.64. The van der Waals surface area contributed by atoms with Gasteiger partial charge in [-0.15, -0.1) is 0 Å². The summed E-state index contributed by atoms with van der Waals surface area (Å²) >= 11 is 0. The van der Waals surface area contributed by atoms with Gasteiger partial charge in [0.05, 0.1) is 11.0 Å². The van der Waals surface area contributed by atoms with E-state index in [4.69, 9.17) is 10.5 Å². The highest BCUT2D eigenvalue weighted by atomic mass is 16.5. The van der Waals surface area contributed by atoms with Crippen molar-refractivity contribution in [2.75, 3.05) is 5.73 Å². The fourth-order valence-electron chi connectivity index (χ4n) is 2.17. The summed E-state index contributed by atoms with van der Waals surface area (Å²) in [5.74, 6) is -0.0263. The van der Waals surface area contributed by atoms with Crippen LogP contribution in [0.1, 0.15) is 5.56 Å². The van der Waals surface area contributed by atoms with Crippen LogP contribution < -0.4 is 5.73 Å². The predicted molar refractivity (Wildman–Crippen MR) is 80.4 cm³/mol. The summed E-state index contributed by atoms with van der Waals surface area (Å²) in [6.45, 7) is 0.311. The monoisotopic (exact) mass is 281 g/mol. The molecule has 0 saturated carbocycles. The van der Waals surface area contributed by atoms with Crippen molar-refractivity contribution in [3.05, 3.63) is 60.2 Å². The van der Waals surface area contributed by atoms with Crippen molar-refractivity contribution in [1.82, 2.24) is 9.55 Å². The smallest absolute Gasteiger partial charge is 0.326 e. The van der Waals surface area contributed by atoms with Gasteiger partial charge in [0, 0.05) is 0 Å². The normalized spacial score (nSPS) is 10.7. The Kier molecular flexibility index (Phi) is 3.55. The lowest BCUT2D eigenvalue weighted by Crippen LogP contribution is -2.15. The Morgan fingerprint density at radius 1 is 1.10 bits per heavy atom. The quantitative estimate of drug-likeness (QED) is 0.745. The van der Waals surface area contributed by atoms with Gasteiger partial charge in [0.1, 0.15) is 13.2 Å². The first-order chi connectivity index (χ1) is 10.2. The molecule has 0 atom stereocenters. The van der Waals surface area contributed by atoms with Crippen LogP contribution in [0.4, 0.5) is 5.95 Å². The first-order valence-corrected chi connectivity index (χ1v) is 6.64. The Hall–Kier alpha value is -2.82. The Morgan fingerprint density at radius 3 is 2.62 bits per heavy atom. The van der Waals surface area contributed by atoms with Gasteiger partial charge >= 0.3 is 5.97 Å². The molecule has 106 valence electrons. The van der Waals surface area contributed by atoms with Crippen LogP contribution >= 0.6 is 0 Å². The molecule has 0 radical (unpaired) electrons. The number of hydrogen-bond acceptors (Lipinski definition) is 4. The molecule has 0 unspecified atom stereocenters. The summed E-state index contributed by atoms with van der Waals surface area (Å²) in [5.41, 5.74) is 8.40. The van der Waals surface area contributed by atoms with Crippen LogP contribution in [0, 0.1) is 0 Å². The molecule has 2 aromatic carbocycles. The van der Waals surface area contributed by atoms with Crippen LogP contribution in [0.5, 0.6) is 0 Å². The molecule has 3 aromatic rings. The van der Waals surface area contributed by atoms with Crippen LogP contribution in [0.2, 0.25) is 0 Å². The van der Waals surface area contributed by atoms with Gasteiger partial charge in [0.2, 0.25) is 5.95 Å². The average molecular weight is 281 g/mol. The van der Waals surface area contributed by atoms with Gasteiger partial charge in [-0.2, -0.15) is 0 Å². The number of nitrogens with two attached hydrogens (primary N) is 1. The van der Waals surface area contributed by atoms with Crippen molar-refractivity contribution >= 4 is 23.0 Å². The van der Waals surface area contributed by atoms with E-state index in [1.807, 2.05) is 54.6 Å². The molecule has 1 aromatic heterocycles. The maximum Gasteiger partial charge on any atom is 0.326 e. The van der Waals surface area contributed by atoms with Gasteiger partial charge in [-0.1, -0.05) is 42.5 Å². The van der Waals surface area contributed by atoms with Crippen molar-refractivity contribution < 1.29 is 9.53 Å². The van der Waals surface area contributed by atoms with Crippen LogP contribution in [0.15, 0.2) is 54.6 Å². The molecule has 21 heavy (non-hydrogen) atoms. The van der Waals surface area contributed by atoms with E-state index in [1.54, 1.807) is 4.57 Å². The zero-order valence-corrected chi connectivity index (χ0v) is 11.4. The van der Waals surface area contributed by atoms with E-state index in [0.717, 1.165) is 16.6 Å². The van der Waals surface area contributed by atoms with Crippen molar-refractivity contribution in [1.29, 1.82) is 0 Å². The summed E-state index contributed by atoms with van der Waals surface area (Å²) in [5, 5.41) is 0. The Labute approximate surface area is 122 Å². The zero-order chi connectivity index (χ0) is 14.7. The molecule has 2 N–H and O–H groups in total. The second kappa shape index (κ2) is 5.66. The summed E-state index contributed by atoms with van der Waals surface area (Å²) in [7, 11) is 0. The highest BCUT2D eigenvalue weighted by Gasteiger charge is 2.12. The number of rotatable bonds is 4. The van der Waals surface area contributed by atoms with Crippen molar-refractivity contribution in [2.45, 2.75) is 13.2 Å². The Bertz CT molecular complexity index is 766. The number of anilines is 1. The van der Waals surface area contributed by atoms with E-state index >= 15 is 0 Å². The largest absolute Gasteiger partial charge is 0.459 e. The van der Waals surface area contributed by atoms with E-state index in [1.165, 1.54) is 0 Å². The highest BCUT2D eigenvalue weighted by Crippen LogP contribution is 2.17. The lowest BCUT2D eigenvalue weighted by Gasteiger charge is -2.07. The number of para-hydroxylation sites is 2. The number of carbonyl (C=O) groups excluding carboxylic acids is 1. The van der Waals surface area contributed by atoms with E-state index < -0.39 is 0 Å². The SMILES string of the molecule is Nc1nc2ccccc2n1CC(=O)OCc1ccccc1. The average Bonchev–Trinajstić information content (AvgIpc) is 2.82. The molecule has 0 aliphatic heterocycles. The fraction of sp³-hybridized carbons (Fsp3) is 0.125. The number of benzene rings is 2. The molecule has 0 saturated heterocycles. The predicted octanol–water partition coefficient (Wildman–Crippen LogP) is 2.36. The molecule has 0 aliphatic carbocycles. The van der Waals surface area contributed by atoms with Crippen LogP contribution in [-0.2, 0) is 22.7 Å². The summed E-state index contributed by atoms with van der Waals surface area (Å²) in [6, 6.07) is 17.1. The number of fused-ring (bicyclic) bond motifs is 1. The first kappa shape index (κ1) is 13.2. The molecule has 5 nitrogen and oxygen atoms in total. The fourth-order valence-corrected chi connectivity index (χ4v) is 2.17. The topological polar surface area (TPSA) is 70.1 Å². The molecule has 0 fully saturated rings. The van der Waals surface area contributed by atoms with Gasteiger partial charge < -0.3 is 10.5 Å². The lowest BCUT2D eigenvalue weighted by molar-refractivity contribution is -0.145. The highest BCUT2D eigenvalue weighted by molar-refractivity contribution is 5.80. The molecule has 0 amide bonds. The lowest BCUT2D eigenvalue weighted by atomic mass is 10.2. The maximum absolute atomic E-state index is 12.0. The minimum Gasteiger partial charge on any atom is -0.459 e. The second-order valence-corrected chi connectivity index (χ2v) is 4.69. The summed E-state index contributed by atoms with van der Waals surface area (Å²) in [6.07, 6.45) is 0. The number of ether oxygens (including phenoxy) is 1. The van der Waals surface area contributed by atoms with E-state index in [9.17, 15) is 4.79 Å². The number of esters is 1. The molecule has 0 spiro atoms. The van der Waals surface area contributed by atoms with Gasteiger partial charge in [-0.05, 0) is 17.7 Å². The minimum absolute atomic E-state index is 0.0547. The molecule has 3 rings (SSSR count). The number of imidazole rings is 1. The number of carbonyl (C=O) groups is 1. The molecular formula is C16H15N3O2. The van der Waals surface area contributed by atoms with E-state index in [2.05, 4.69) is 4.98 Å². The third-order valence-electron chi connectivity index (χ3n) is 3.21. The molecule has 1 heterocycles. The molecule has 5 heteroatoms. The van der Waals surface area contributed by atoms with Gasteiger partial charge in [-0.25, -0.2) is 4.98 Å². The standard InChI is InChI=1S/C16H15N3O2/c17-16-18-13-8-4-5-9-14(13)19(16)10-15(20)21-11-12-6-2-1-3-7-12/h1-9H,10-11H2,(H2,17,18). The Balaban J connectivity index is 1.70. The third kappa shape index (κ3) is 2.86. The minimum atomic E-state index is -0.339. The maximum atomic E-state index is 12.0. The van der Waals surface area contributed by atoms with Crippen molar-refractivity contribution in [3.63, 3.8) is 0 Å². The Morgan fingerprint density at radius 2 is 1.81 bits per heavy atom. The van der Waals surface area contributed by atoms with Crippen molar-refractivity contribution in [3.8, 4) is 0 Å². The second-order valence-electron chi connectivity index (χ2n) is 4.69. The number of aromatic nitrogens is 2. The summed E-state index contributed by atoms with van der Waals surface area (Å²) < 4.78 is 6.92. The van der Waals surface area contributed by atoms with Gasteiger partial charge in [0.25, 0.3) is 0 Å². The van der Waals surface area contributed by atoms with Crippen LogP contribution in [0.3, 0.4) is 0 Å². The zero-order valence-electron chi connectivity index (χ0n) is 11.4. The van der Waals surface area contributed by atoms with Gasteiger partial charge in [0.15, 0.2) is 0 Å². The third-order valence-corrected chi connectivity index (χ3v) is 3.21. The molecule has 0 bridgehead atoms. The van der Waals surface area contributed by atoms with Crippen LogP contribution in [0.25, 0.3) is 11.0 Å². The molecule has 0 aliphatic rings. The number of nitrogens with zero attached hydrogens (tertiary/aromatic N) is 2. The number of nitrogen functional groups attached to an aromatic ring is 1. The summed E-state index contributed by atoms with van der Waals surface area (Å²) in [4.78, 5) is 16.2. The number of hydrogen-bond donors (Lipinski definition) is 1. The van der Waals surface area contributed by atoms with E-state index in [-0.39, 0.29) is 19.1 Å². The van der Waals surface area contributed by atoms with Gasteiger partial charge in [-0.3, -0.25) is 9.36 Å². The molecular weight excluding hydrogens is 266 g/mol. The van der Waals surface area contributed by atoms with Crippen LogP contribution in [-0.4, -0.2) is 15.5 Å².